The van der Waals surface area contributed by atoms with Gasteiger partial charge in [-0.1, -0.05) is 6.92 Å². The fourth-order valence-electron chi connectivity index (χ4n) is 2.41. The molecule has 106 valence electrons. The van der Waals surface area contributed by atoms with Gasteiger partial charge in [0.15, 0.2) is 0 Å². The number of hydrogen-bond acceptors (Lipinski definition) is 3. The van der Waals surface area contributed by atoms with Gasteiger partial charge >= 0.3 is 5.97 Å². The van der Waals surface area contributed by atoms with E-state index in [1.807, 2.05) is 11.4 Å². The standard InChI is InChI=1S/C15H17NO3S/c1-4-11-5-6-20-12(11)8-16-10(3)14(15(18)19)9(2)7-13(16)17/h5-7H,4,8H2,1-3H3,(H,18,19). The molecule has 4 nitrogen and oxygen atoms in total. The molecule has 2 aromatic heterocycles. The van der Waals surface area contributed by atoms with Gasteiger partial charge in [0.2, 0.25) is 0 Å². The van der Waals surface area contributed by atoms with Gasteiger partial charge in [0, 0.05) is 16.6 Å². The van der Waals surface area contributed by atoms with E-state index in [-0.39, 0.29) is 11.1 Å². The molecule has 0 aliphatic carbocycles. The van der Waals surface area contributed by atoms with E-state index >= 15 is 0 Å². The van der Waals surface area contributed by atoms with Gasteiger partial charge in [-0.2, -0.15) is 0 Å². The Kier molecular flexibility index (Phi) is 4.09. The topological polar surface area (TPSA) is 59.3 Å². The summed E-state index contributed by atoms with van der Waals surface area (Å²) in [7, 11) is 0. The smallest absolute Gasteiger partial charge is 0.337 e. The summed E-state index contributed by atoms with van der Waals surface area (Å²) in [5.74, 6) is -0.990. The summed E-state index contributed by atoms with van der Waals surface area (Å²) in [6.07, 6.45) is 0.907. The van der Waals surface area contributed by atoms with Crippen LogP contribution < -0.4 is 5.56 Å². The van der Waals surface area contributed by atoms with Crippen LogP contribution in [0, 0.1) is 13.8 Å². The molecule has 0 spiro atoms. The van der Waals surface area contributed by atoms with E-state index in [1.165, 1.54) is 11.6 Å². The highest BCUT2D eigenvalue weighted by Gasteiger charge is 2.16. The van der Waals surface area contributed by atoms with Crippen molar-refractivity contribution in [3.63, 3.8) is 0 Å². The average molecular weight is 291 g/mol. The first-order valence-corrected chi connectivity index (χ1v) is 7.33. The van der Waals surface area contributed by atoms with Gasteiger partial charge in [0.1, 0.15) is 0 Å². The monoisotopic (exact) mass is 291 g/mol. The maximum absolute atomic E-state index is 12.1. The second-order valence-corrected chi connectivity index (χ2v) is 5.74. The highest BCUT2D eigenvalue weighted by atomic mass is 32.1. The minimum atomic E-state index is -0.990. The molecule has 0 aliphatic heterocycles. The zero-order valence-corrected chi connectivity index (χ0v) is 12.6. The van der Waals surface area contributed by atoms with Crippen LogP contribution >= 0.6 is 11.3 Å². The Labute approximate surface area is 121 Å². The van der Waals surface area contributed by atoms with Crippen molar-refractivity contribution in [3.8, 4) is 0 Å². The van der Waals surface area contributed by atoms with Crippen LogP contribution in [0.1, 0.15) is 39.0 Å². The maximum Gasteiger partial charge on any atom is 0.337 e. The molecule has 0 aromatic carbocycles. The summed E-state index contributed by atoms with van der Waals surface area (Å²) in [6, 6.07) is 3.45. The van der Waals surface area contributed by atoms with Crippen LogP contribution in [-0.2, 0) is 13.0 Å². The van der Waals surface area contributed by atoms with Crippen molar-refractivity contribution in [2.24, 2.45) is 0 Å². The Hall–Kier alpha value is -1.88. The zero-order valence-electron chi connectivity index (χ0n) is 11.8. The van der Waals surface area contributed by atoms with E-state index in [0.717, 1.165) is 11.3 Å². The van der Waals surface area contributed by atoms with E-state index in [0.29, 0.717) is 17.8 Å². The van der Waals surface area contributed by atoms with Gasteiger partial charge in [-0.05, 0) is 42.8 Å². The molecule has 0 saturated carbocycles. The third kappa shape index (κ3) is 2.54. The van der Waals surface area contributed by atoms with E-state index in [9.17, 15) is 14.7 Å². The predicted molar refractivity (Wildman–Crippen MR) is 79.9 cm³/mol. The molecule has 0 aliphatic rings. The summed E-state index contributed by atoms with van der Waals surface area (Å²) in [6.45, 7) is 5.85. The number of pyridine rings is 1. The number of thiophene rings is 1. The van der Waals surface area contributed by atoms with Crippen LogP contribution in [0.25, 0.3) is 0 Å². The highest BCUT2D eigenvalue weighted by Crippen LogP contribution is 2.20. The number of nitrogens with zero attached hydrogens (tertiary/aromatic N) is 1. The Morgan fingerprint density at radius 1 is 1.40 bits per heavy atom. The van der Waals surface area contributed by atoms with Crippen LogP contribution in [-0.4, -0.2) is 15.6 Å². The Morgan fingerprint density at radius 2 is 2.10 bits per heavy atom. The van der Waals surface area contributed by atoms with Crippen molar-refractivity contribution in [2.45, 2.75) is 33.7 Å². The Bertz CT molecular complexity index is 712. The first-order valence-electron chi connectivity index (χ1n) is 6.45. The third-order valence-electron chi connectivity index (χ3n) is 3.50. The fourth-order valence-corrected chi connectivity index (χ4v) is 3.37. The van der Waals surface area contributed by atoms with Crippen molar-refractivity contribution in [1.29, 1.82) is 0 Å². The summed E-state index contributed by atoms with van der Waals surface area (Å²) in [5.41, 5.74) is 2.30. The van der Waals surface area contributed by atoms with Gasteiger partial charge in [0.25, 0.3) is 5.56 Å². The van der Waals surface area contributed by atoms with E-state index < -0.39 is 5.97 Å². The second kappa shape index (κ2) is 5.63. The van der Waals surface area contributed by atoms with Gasteiger partial charge in [-0.15, -0.1) is 11.3 Å². The van der Waals surface area contributed by atoms with Gasteiger partial charge in [0.05, 0.1) is 12.1 Å². The van der Waals surface area contributed by atoms with Gasteiger partial charge < -0.3 is 9.67 Å². The SMILES string of the molecule is CCc1ccsc1Cn1c(C)c(C(=O)O)c(C)cc1=O. The zero-order chi connectivity index (χ0) is 14.9. The minimum absolute atomic E-state index is 0.152. The first-order chi connectivity index (χ1) is 9.45. The molecule has 5 heteroatoms. The number of rotatable bonds is 4. The largest absolute Gasteiger partial charge is 0.478 e. The maximum atomic E-state index is 12.1. The summed E-state index contributed by atoms with van der Waals surface area (Å²) in [4.78, 5) is 24.6. The molecular formula is C15H17NO3S. The molecule has 0 amide bonds. The number of carbonyl (C=O) groups is 1. The Morgan fingerprint density at radius 3 is 2.70 bits per heavy atom. The fraction of sp³-hybridized carbons (Fsp3) is 0.333. The second-order valence-electron chi connectivity index (χ2n) is 4.74. The van der Waals surface area contributed by atoms with Gasteiger partial charge in [-0.25, -0.2) is 4.79 Å². The molecule has 2 rings (SSSR count). The third-order valence-corrected chi connectivity index (χ3v) is 4.45. The number of aromatic carboxylic acids is 1. The minimum Gasteiger partial charge on any atom is -0.478 e. The van der Waals surface area contributed by atoms with Crippen molar-refractivity contribution in [1.82, 2.24) is 4.57 Å². The van der Waals surface area contributed by atoms with Crippen molar-refractivity contribution >= 4 is 17.3 Å². The molecule has 2 heterocycles. The molecule has 2 aromatic rings. The van der Waals surface area contributed by atoms with Crippen LogP contribution in [0.4, 0.5) is 0 Å². The van der Waals surface area contributed by atoms with Crippen molar-refractivity contribution in [2.75, 3.05) is 0 Å². The predicted octanol–water partition coefficient (Wildman–Crippen LogP) is 2.84. The lowest BCUT2D eigenvalue weighted by atomic mass is 10.1. The van der Waals surface area contributed by atoms with Crippen LogP contribution in [0.3, 0.4) is 0 Å². The normalized spacial score (nSPS) is 10.8. The summed E-state index contributed by atoms with van der Waals surface area (Å²) < 4.78 is 1.54. The molecule has 0 atom stereocenters. The van der Waals surface area contributed by atoms with Crippen molar-refractivity contribution < 1.29 is 9.90 Å². The average Bonchev–Trinajstić information content (AvgIpc) is 2.80. The molecule has 0 saturated heterocycles. The highest BCUT2D eigenvalue weighted by molar-refractivity contribution is 7.10. The number of aryl methyl sites for hydroxylation is 2. The molecule has 0 fully saturated rings. The van der Waals surface area contributed by atoms with Gasteiger partial charge in [-0.3, -0.25) is 4.79 Å². The molecule has 0 bridgehead atoms. The molecule has 0 unspecified atom stereocenters. The first kappa shape index (κ1) is 14.5. The molecule has 0 radical (unpaired) electrons. The number of carboxylic acid groups (broad SMARTS) is 1. The van der Waals surface area contributed by atoms with E-state index in [1.54, 1.807) is 29.8 Å². The lowest BCUT2D eigenvalue weighted by Crippen LogP contribution is -2.26. The van der Waals surface area contributed by atoms with E-state index in [4.69, 9.17) is 0 Å². The quantitative estimate of drug-likeness (QED) is 0.942. The number of aromatic nitrogens is 1. The molecule has 20 heavy (non-hydrogen) atoms. The van der Waals surface area contributed by atoms with Crippen LogP contribution in [0.5, 0.6) is 0 Å². The summed E-state index contributed by atoms with van der Waals surface area (Å²) >= 11 is 1.60. The summed E-state index contributed by atoms with van der Waals surface area (Å²) in [5, 5.41) is 11.3. The molecule has 1 N–H and O–H groups in total. The number of hydrogen-bond donors (Lipinski definition) is 1. The molecular weight excluding hydrogens is 274 g/mol. The number of carboxylic acids is 1. The lowest BCUT2D eigenvalue weighted by molar-refractivity contribution is 0.0694. The van der Waals surface area contributed by atoms with Crippen LogP contribution in [0.2, 0.25) is 0 Å². The van der Waals surface area contributed by atoms with Crippen LogP contribution in [0.15, 0.2) is 22.3 Å². The Balaban J connectivity index is 2.55. The van der Waals surface area contributed by atoms with Crippen molar-refractivity contribution in [3.05, 3.63) is 55.1 Å². The lowest BCUT2D eigenvalue weighted by Gasteiger charge is -2.14. The van der Waals surface area contributed by atoms with E-state index in [2.05, 4.69) is 6.92 Å².